The van der Waals surface area contributed by atoms with Gasteiger partial charge in [-0.2, -0.15) is 9.90 Å². The largest absolute Gasteiger partial charge is 0.291 e. The van der Waals surface area contributed by atoms with Gasteiger partial charge in [0, 0.05) is 0 Å². The van der Waals surface area contributed by atoms with Crippen LogP contribution >= 0.6 is 0 Å². The van der Waals surface area contributed by atoms with Crippen LogP contribution in [-0.2, 0) is 11.2 Å². The number of nitrogens with one attached hydrogen (secondary N) is 2. The molecule has 0 spiro atoms. The van der Waals surface area contributed by atoms with Crippen molar-refractivity contribution in [2.45, 2.75) is 6.42 Å². The van der Waals surface area contributed by atoms with Crippen molar-refractivity contribution < 1.29 is 14.0 Å². The minimum absolute atomic E-state index is 0.0112. The number of hydrogen-bond donors (Lipinski definition) is 2. The zero-order chi connectivity index (χ0) is 17.6. The van der Waals surface area contributed by atoms with Crippen LogP contribution in [0, 0.1) is 5.82 Å². The molecule has 25 heavy (non-hydrogen) atoms. The predicted molar refractivity (Wildman–Crippen MR) is 87.1 cm³/mol. The van der Waals surface area contributed by atoms with E-state index in [1.165, 1.54) is 35.3 Å². The molecule has 2 aromatic carbocycles. The van der Waals surface area contributed by atoms with E-state index in [4.69, 9.17) is 0 Å². The van der Waals surface area contributed by atoms with Crippen molar-refractivity contribution >= 4 is 11.8 Å². The van der Waals surface area contributed by atoms with Gasteiger partial charge in [-0.25, -0.2) is 4.39 Å². The Bertz CT molecular complexity index is 878. The van der Waals surface area contributed by atoms with E-state index in [2.05, 4.69) is 21.0 Å². The van der Waals surface area contributed by atoms with Gasteiger partial charge in [0.15, 0.2) is 5.69 Å². The summed E-state index contributed by atoms with van der Waals surface area (Å²) in [7, 11) is 0. The van der Waals surface area contributed by atoms with E-state index in [0.717, 1.165) is 0 Å². The topological polar surface area (TPSA) is 88.9 Å². The summed E-state index contributed by atoms with van der Waals surface area (Å²) < 4.78 is 12.8. The number of hydrazine groups is 1. The second-order valence-electron chi connectivity index (χ2n) is 5.16. The van der Waals surface area contributed by atoms with Crippen LogP contribution < -0.4 is 10.9 Å². The zero-order valence-electron chi connectivity index (χ0n) is 13.0. The first-order valence-electron chi connectivity index (χ1n) is 7.43. The van der Waals surface area contributed by atoms with Crippen molar-refractivity contribution in [1.82, 2.24) is 25.8 Å². The number of halogens is 1. The lowest BCUT2D eigenvalue weighted by atomic mass is 10.1. The fourth-order valence-corrected chi connectivity index (χ4v) is 2.08. The highest BCUT2D eigenvalue weighted by Crippen LogP contribution is 2.04. The summed E-state index contributed by atoms with van der Waals surface area (Å²) >= 11 is 0. The van der Waals surface area contributed by atoms with Gasteiger partial charge in [0.25, 0.3) is 5.91 Å². The Hall–Kier alpha value is -3.55. The molecule has 0 atom stereocenters. The molecule has 0 aliphatic rings. The molecule has 2 N–H and O–H groups in total. The molecule has 1 heterocycles. The van der Waals surface area contributed by atoms with Crippen molar-refractivity contribution in [3.63, 3.8) is 0 Å². The Kier molecular flexibility index (Phi) is 4.79. The second kappa shape index (κ2) is 7.35. The first kappa shape index (κ1) is 16.3. The van der Waals surface area contributed by atoms with Crippen LogP contribution in [0.15, 0.2) is 60.8 Å². The first-order chi connectivity index (χ1) is 12.1. The van der Waals surface area contributed by atoms with E-state index >= 15 is 0 Å². The third-order valence-electron chi connectivity index (χ3n) is 3.31. The smallest absolute Gasteiger partial charge is 0.273 e. The Morgan fingerprint density at radius 3 is 2.44 bits per heavy atom. The van der Waals surface area contributed by atoms with Gasteiger partial charge in [-0.05, 0) is 29.8 Å². The fraction of sp³-hybridized carbons (Fsp3) is 0.0588. The molecular weight excluding hydrogens is 325 g/mol. The molecule has 126 valence electrons. The summed E-state index contributed by atoms with van der Waals surface area (Å²) in [6, 6.07) is 14.6. The van der Waals surface area contributed by atoms with Crippen molar-refractivity contribution in [2.75, 3.05) is 0 Å². The summed E-state index contributed by atoms with van der Waals surface area (Å²) in [4.78, 5) is 25.1. The van der Waals surface area contributed by atoms with Gasteiger partial charge in [0.2, 0.25) is 5.91 Å². The molecular formula is C17H14FN5O2. The molecule has 3 rings (SSSR count). The molecule has 0 radical (unpaired) electrons. The Balaban J connectivity index is 1.55. The summed E-state index contributed by atoms with van der Waals surface area (Å²) in [5.74, 6) is -1.40. The average Bonchev–Trinajstić information content (AvgIpc) is 3.13. The number of nitrogens with zero attached hydrogens (tertiary/aromatic N) is 3. The van der Waals surface area contributed by atoms with Crippen LogP contribution in [0.1, 0.15) is 16.1 Å². The highest BCUT2D eigenvalue weighted by atomic mass is 19.1. The molecule has 2 amide bonds. The SMILES string of the molecule is O=C(Cc1ccc(F)cc1)NNC(=O)c1cnn(-c2ccccc2)n1. The number of rotatable bonds is 4. The third kappa shape index (κ3) is 4.25. The number of aromatic nitrogens is 3. The van der Waals surface area contributed by atoms with E-state index in [-0.39, 0.29) is 17.9 Å². The van der Waals surface area contributed by atoms with E-state index in [9.17, 15) is 14.0 Å². The first-order valence-corrected chi connectivity index (χ1v) is 7.43. The molecule has 3 aromatic rings. The maximum atomic E-state index is 12.8. The quantitative estimate of drug-likeness (QED) is 0.704. The predicted octanol–water partition coefficient (Wildman–Crippen LogP) is 1.41. The van der Waals surface area contributed by atoms with Gasteiger partial charge in [-0.15, -0.1) is 5.10 Å². The summed E-state index contributed by atoms with van der Waals surface area (Å²) in [5, 5.41) is 8.06. The van der Waals surface area contributed by atoms with Gasteiger partial charge >= 0.3 is 0 Å². The standard InChI is InChI=1S/C17H14FN5O2/c18-13-8-6-12(7-9-13)10-16(24)20-21-17(25)15-11-19-23(22-15)14-4-2-1-3-5-14/h1-9,11H,10H2,(H,20,24)(H,21,25). The van der Waals surface area contributed by atoms with Crippen molar-refractivity contribution in [3.05, 3.63) is 77.9 Å². The normalized spacial score (nSPS) is 10.3. The molecule has 1 aromatic heterocycles. The van der Waals surface area contributed by atoms with Gasteiger partial charge in [0.05, 0.1) is 18.3 Å². The Morgan fingerprint density at radius 2 is 1.72 bits per heavy atom. The molecule has 0 saturated carbocycles. The van der Waals surface area contributed by atoms with Crippen LogP contribution in [0.3, 0.4) is 0 Å². The molecule has 0 saturated heterocycles. The van der Waals surface area contributed by atoms with Gasteiger partial charge in [-0.1, -0.05) is 30.3 Å². The number of amides is 2. The summed E-state index contributed by atoms with van der Waals surface area (Å²) in [5.41, 5.74) is 5.95. The number of para-hydroxylation sites is 1. The van der Waals surface area contributed by atoms with E-state index in [0.29, 0.717) is 11.3 Å². The van der Waals surface area contributed by atoms with Gasteiger partial charge < -0.3 is 0 Å². The van der Waals surface area contributed by atoms with E-state index in [1.54, 1.807) is 12.1 Å². The zero-order valence-corrected chi connectivity index (χ0v) is 13.0. The van der Waals surface area contributed by atoms with Crippen LogP contribution in [0.25, 0.3) is 5.69 Å². The van der Waals surface area contributed by atoms with Gasteiger partial charge in [-0.3, -0.25) is 20.4 Å². The average molecular weight is 339 g/mol. The number of carbonyl (C=O) groups excluding carboxylic acids is 2. The summed E-state index contributed by atoms with van der Waals surface area (Å²) in [6.45, 7) is 0. The molecule has 8 heteroatoms. The number of carbonyl (C=O) groups is 2. The maximum Gasteiger partial charge on any atom is 0.291 e. The summed E-state index contributed by atoms with van der Waals surface area (Å²) in [6.07, 6.45) is 1.31. The van der Waals surface area contributed by atoms with E-state index < -0.39 is 11.8 Å². The van der Waals surface area contributed by atoms with Gasteiger partial charge in [0.1, 0.15) is 5.82 Å². The molecule has 0 fully saturated rings. The fourth-order valence-electron chi connectivity index (χ4n) is 2.08. The van der Waals surface area contributed by atoms with Crippen LogP contribution in [0.4, 0.5) is 4.39 Å². The Morgan fingerprint density at radius 1 is 1.00 bits per heavy atom. The lowest BCUT2D eigenvalue weighted by molar-refractivity contribution is -0.121. The Labute approximate surface area is 142 Å². The highest BCUT2D eigenvalue weighted by molar-refractivity contribution is 5.93. The molecule has 0 aliphatic heterocycles. The van der Waals surface area contributed by atoms with Crippen LogP contribution in [0.5, 0.6) is 0 Å². The lowest BCUT2D eigenvalue weighted by Gasteiger charge is -2.06. The molecule has 0 unspecified atom stereocenters. The van der Waals surface area contributed by atoms with Crippen molar-refractivity contribution in [2.24, 2.45) is 0 Å². The van der Waals surface area contributed by atoms with Crippen molar-refractivity contribution in [1.29, 1.82) is 0 Å². The minimum atomic E-state index is -0.588. The highest BCUT2D eigenvalue weighted by Gasteiger charge is 2.12. The maximum absolute atomic E-state index is 12.8. The molecule has 0 bridgehead atoms. The van der Waals surface area contributed by atoms with Crippen LogP contribution in [-0.4, -0.2) is 26.8 Å². The van der Waals surface area contributed by atoms with Crippen LogP contribution in [0.2, 0.25) is 0 Å². The van der Waals surface area contributed by atoms with Crippen molar-refractivity contribution in [3.8, 4) is 5.69 Å². The lowest BCUT2D eigenvalue weighted by Crippen LogP contribution is -2.42. The van der Waals surface area contributed by atoms with E-state index in [1.807, 2.05) is 18.2 Å². The number of hydrogen-bond acceptors (Lipinski definition) is 4. The second-order valence-corrected chi connectivity index (χ2v) is 5.16. The third-order valence-corrected chi connectivity index (χ3v) is 3.31. The minimum Gasteiger partial charge on any atom is -0.273 e. The monoisotopic (exact) mass is 339 g/mol. The molecule has 7 nitrogen and oxygen atoms in total. The molecule has 0 aliphatic carbocycles. The number of benzene rings is 2.